The Labute approximate surface area is 175 Å². The lowest BCUT2D eigenvalue weighted by atomic mass is 9.93. The molecule has 2 aromatic carbocycles. The van der Waals surface area contributed by atoms with Gasteiger partial charge in [0.25, 0.3) is 11.7 Å². The lowest BCUT2D eigenvalue weighted by Crippen LogP contribution is -2.32. The molecule has 0 aromatic heterocycles. The van der Waals surface area contributed by atoms with Crippen molar-refractivity contribution in [3.8, 4) is 0 Å². The summed E-state index contributed by atoms with van der Waals surface area (Å²) in [6.45, 7) is 4.73. The van der Waals surface area contributed by atoms with Crippen LogP contribution in [0, 0.1) is 0 Å². The summed E-state index contributed by atoms with van der Waals surface area (Å²) in [5.41, 5.74) is 2.43. The highest BCUT2D eigenvalue weighted by atomic mass is 35.5. The molecule has 0 bridgehead atoms. The van der Waals surface area contributed by atoms with Crippen LogP contribution in [0.3, 0.4) is 0 Å². The third-order valence-electron chi connectivity index (χ3n) is 5.11. The molecule has 0 saturated carbocycles. The van der Waals surface area contributed by atoms with Gasteiger partial charge in [-0.05, 0) is 41.3 Å². The Morgan fingerprint density at radius 1 is 1.10 bits per heavy atom. The summed E-state index contributed by atoms with van der Waals surface area (Å²) in [4.78, 5) is 27.0. The van der Waals surface area contributed by atoms with E-state index in [1.165, 1.54) is 12.0 Å². The van der Waals surface area contributed by atoms with Gasteiger partial charge in [-0.15, -0.1) is 0 Å². The number of Topliss-reactive ketones (excluding diaryl/α,β-unsaturated/α-hetero) is 1. The molecule has 1 aliphatic rings. The van der Waals surface area contributed by atoms with Crippen molar-refractivity contribution >= 4 is 29.1 Å². The summed E-state index contributed by atoms with van der Waals surface area (Å²) in [5, 5.41) is 11.4. The van der Waals surface area contributed by atoms with Gasteiger partial charge in [-0.1, -0.05) is 49.7 Å². The van der Waals surface area contributed by atoms with E-state index in [0.29, 0.717) is 16.5 Å². The van der Waals surface area contributed by atoms with Crippen molar-refractivity contribution in [3.05, 3.63) is 75.8 Å². The molecule has 5 nitrogen and oxygen atoms in total. The summed E-state index contributed by atoms with van der Waals surface area (Å²) in [6.07, 6.45) is 0. The largest absolute Gasteiger partial charge is 0.507 e. The van der Waals surface area contributed by atoms with Crippen LogP contribution < -0.4 is 0 Å². The van der Waals surface area contributed by atoms with E-state index in [4.69, 9.17) is 16.3 Å². The van der Waals surface area contributed by atoms with E-state index in [9.17, 15) is 14.7 Å². The van der Waals surface area contributed by atoms with Crippen molar-refractivity contribution in [1.82, 2.24) is 4.90 Å². The van der Waals surface area contributed by atoms with Crippen molar-refractivity contribution in [2.24, 2.45) is 0 Å². The molecule has 0 radical (unpaired) electrons. The average Bonchev–Trinajstić information content (AvgIpc) is 2.97. The second-order valence-electron chi connectivity index (χ2n) is 7.31. The fourth-order valence-corrected chi connectivity index (χ4v) is 3.60. The van der Waals surface area contributed by atoms with Gasteiger partial charge in [0.05, 0.1) is 18.2 Å². The van der Waals surface area contributed by atoms with Crippen molar-refractivity contribution in [2.75, 3.05) is 20.3 Å². The maximum Gasteiger partial charge on any atom is 0.295 e. The van der Waals surface area contributed by atoms with Crippen LogP contribution in [0.15, 0.2) is 54.1 Å². The van der Waals surface area contributed by atoms with E-state index in [-0.39, 0.29) is 24.5 Å². The van der Waals surface area contributed by atoms with Crippen LogP contribution in [0.5, 0.6) is 0 Å². The first-order chi connectivity index (χ1) is 13.8. The zero-order valence-corrected chi connectivity index (χ0v) is 17.4. The normalized spacial score (nSPS) is 18.7. The molecular weight excluding hydrogens is 390 g/mol. The van der Waals surface area contributed by atoms with Crippen molar-refractivity contribution in [1.29, 1.82) is 0 Å². The standard InChI is InChI=1S/C23H24ClNO4/c1-14(2)15-4-6-16(7-5-15)20-19(21(26)17-8-10-18(24)11-9-17)22(27)23(28)25(20)12-13-29-3/h4-11,14,20,26H,12-13H2,1-3H3. The molecule has 0 spiro atoms. The predicted octanol–water partition coefficient (Wildman–Crippen LogP) is 4.53. The van der Waals surface area contributed by atoms with Crippen molar-refractivity contribution in [3.63, 3.8) is 0 Å². The van der Waals surface area contributed by atoms with Gasteiger partial charge in [0.15, 0.2) is 0 Å². The molecule has 1 aliphatic heterocycles. The average molecular weight is 414 g/mol. The van der Waals surface area contributed by atoms with Crippen LogP contribution in [0.25, 0.3) is 5.76 Å². The van der Waals surface area contributed by atoms with E-state index in [1.54, 1.807) is 24.3 Å². The van der Waals surface area contributed by atoms with E-state index in [2.05, 4.69) is 13.8 Å². The molecule has 0 aliphatic carbocycles. The maximum atomic E-state index is 12.8. The quantitative estimate of drug-likeness (QED) is 0.429. The molecule has 1 unspecified atom stereocenters. The third-order valence-corrected chi connectivity index (χ3v) is 5.36. The Bertz CT molecular complexity index is 932. The van der Waals surface area contributed by atoms with E-state index < -0.39 is 17.7 Å². The number of carbonyl (C=O) groups excluding carboxylic acids is 2. The Kier molecular flexibility index (Phi) is 6.40. The first-order valence-electron chi connectivity index (χ1n) is 9.48. The van der Waals surface area contributed by atoms with Gasteiger partial charge in [-0.25, -0.2) is 0 Å². The molecule has 1 N–H and O–H groups in total. The number of ketones is 1. The molecule has 6 heteroatoms. The third kappa shape index (κ3) is 4.21. The van der Waals surface area contributed by atoms with Gasteiger partial charge < -0.3 is 14.7 Å². The highest BCUT2D eigenvalue weighted by Crippen LogP contribution is 2.39. The number of aliphatic hydroxyl groups excluding tert-OH is 1. The smallest absolute Gasteiger partial charge is 0.295 e. The number of ether oxygens (including phenoxy) is 1. The monoisotopic (exact) mass is 413 g/mol. The highest BCUT2D eigenvalue weighted by molar-refractivity contribution is 6.46. The predicted molar refractivity (Wildman–Crippen MR) is 113 cm³/mol. The molecule has 1 fully saturated rings. The van der Waals surface area contributed by atoms with Crippen LogP contribution in [0.4, 0.5) is 0 Å². The van der Waals surface area contributed by atoms with Gasteiger partial charge in [-0.3, -0.25) is 9.59 Å². The maximum absolute atomic E-state index is 12.8. The van der Waals surface area contributed by atoms with Gasteiger partial charge in [0.1, 0.15) is 5.76 Å². The van der Waals surface area contributed by atoms with Gasteiger partial charge >= 0.3 is 0 Å². The summed E-state index contributed by atoms with van der Waals surface area (Å²) >= 11 is 5.93. The number of nitrogens with zero attached hydrogens (tertiary/aromatic N) is 1. The van der Waals surface area contributed by atoms with E-state index in [0.717, 1.165) is 11.1 Å². The van der Waals surface area contributed by atoms with Gasteiger partial charge in [-0.2, -0.15) is 0 Å². The number of aliphatic hydroxyl groups is 1. The molecule has 1 saturated heterocycles. The number of amides is 1. The van der Waals surface area contributed by atoms with Crippen molar-refractivity contribution < 1.29 is 19.4 Å². The second kappa shape index (κ2) is 8.80. The highest BCUT2D eigenvalue weighted by Gasteiger charge is 2.45. The zero-order chi connectivity index (χ0) is 21.1. The number of benzene rings is 2. The Morgan fingerprint density at radius 3 is 2.28 bits per heavy atom. The molecule has 1 atom stereocenters. The van der Waals surface area contributed by atoms with Crippen LogP contribution in [0.2, 0.25) is 5.02 Å². The second-order valence-corrected chi connectivity index (χ2v) is 7.75. The molecule has 2 aromatic rings. The number of hydrogen-bond donors (Lipinski definition) is 1. The lowest BCUT2D eigenvalue weighted by Gasteiger charge is -2.25. The van der Waals surface area contributed by atoms with Gasteiger partial charge in [0, 0.05) is 24.2 Å². The number of carbonyl (C=O) groups is 2. The zero-order valence-electron chi connectivity index (χ0n) is 16.7. The fraction of sp³-hybridized carbons (Fsp3) is 0.304. The van der Waals surface area contributed by atoms with Gasteiger partial charge in [0.2, 0.25) is 0 Å². The number of halogens is 1. The van der Waals surface area contributed by atoms with E-state index in [1.807, 2.05) is 24.3 Å². The molecule has 3 rings (SSSR count). The minimum absolute atomic E-state index is 0.0747. The Hall–Kier alpha value is -2.63. The molecule has 29 heavy (non-hydrogen) atoms. The van der Waals surface area contributed by atoms with Crippen LogP contribution in [0.1, 0.15) is 42.5 Å². The Balaban J connectivity index is 2.13. The molecule has 152 valence electrons. The summed E-state index contributed by atoms with van der Waals surface area (Å²) in [7, 11) is 1.54. The minimum atomic E-state index is -0.702. The van der Waals surface area contributed by atoms with Crippen LogP contribution >= 0.6 is 11.6 Å². The summed E-state index contributed by atoms with van der Waals surface area (Å²) < 4.78 is 5.12. The minimum Gasteiger partial charge on any atom is -0.507 e. The van der Waals surface area contributed by atoms with E-state index >= 15 is 0 Å². The number of hydrogen-bond acceptors (Lipinski definition) is 4. The summed E-state index contributed by atoms with van der Waals surface area (Å²) in [6, 6.07) is 13.6. The van der Waals surface area contributed by atoms with Crippen molar-refractivity contribution in [2.45, 2.75) is 25.8 Å². The number of rotatable bonds is 6. The van der Waals surface area contributed by atoms with Crippen LogP contribution in [-0.2, 0) is 14.3 Å². The lowest BCUT2D eigenvalue weighted by molar-refractivity contribution is -0.140. The number of methoxy groups -OCH3 is 1. The molecule has 1 amide bonds. The summed E-state index contributed by atoms with van der Waals surface area (Å²) in [5.74, 6) is -1.20. The Morgan fingerprint density at radius 2 is 1.72 bits per heavy atom. The number of likely N-dealkylation sites (tertiary alicyclic amines) is 1. The topological polar surface area (TPSA) is 66.8 Å². The fourth-order valence-electron chi connectivity index (χ4n) is 3.47. The van der Waals surface area contributed by atoms with Crippen LogP contribution in [-0.4, -0.2) is 42.0 Å². The molecular formula is C23H24ClNO4. The first-order valence-corrected chi connectivity index (χ1v) is 9.86. The molecule has 1 heterocycles. The SMILES string of the molecule is COCCN1C(=O)C(=O)C(=C(O)c2ccc(Cl)cc2)C1c1ccc(C(C)C)cc1. The first kappa shape index (κ1) is 21.1.